The van der Waals surface area contributed by atoms with Crippen LogP contribution in [0.3, 0.4) is 0 Å². The maximum absolute atomic E-state index is 11.9. The average molecular weight is 278 g/mol. The van der Waals surface area contributed by atoms with E-state index in [0.717, 1.165) is 27.7 Å². The summed E-state index contributed by atoms with van der Waals surface area (Å²) in [6.07, 6.45) is 5.02. The van der Waals surface area contributed by atoms with E-state index in [4.69, 9.17) is 0 Å². The van der Waals surface area contributed by atoms with E-state index in [2.05, 4.69) is 20.3 Å². The molecular formula is C16H14N4O. The Labute approximate surface area is 122 Å². The summed E-state index contributed by atoms with van der Waals surface area (Å²) in [5, 5.41) is 3.55. The summed E-state index contributed by atoms with van der Waals surface area (Å²) in [7, 11) is 1.61. The Balaban J connectivity index is 2.17. The highest BCUT2D eigenvalue weighted by molar-refractivity contribution is 5.99. The van der Waals surface area contributed by atoms with E-state index in [1.165, 1.54) is 6.33 Å². The van der Waals surface area contributed by atoms with Crippen molar-refractivity contribution in [1.29, 1.82) is 0 Å². The summed E-state index contributed by atoms with van der Waals surface area (Å²) < 4.78 is 0. The Morgan fingerprint density at radius 2 is 1.86 bits per heavy atom. The normalized spacial score (nSPS) is 10.6. The molecule has 0 fully saturated rings. The van der Waals surface area contributed by atoms with Crippen LogP contribution < -0.4 is 5.32 Å². The van der Waals surface area contributed by atoms with Gasteiger partial charge in [0.25, 0.3) is 5.91 Å². The molecule has 3 rings (SSSR count). The number of carbonyl (C=O) groups excluding carboxylic acids is 1. The highest BCUT2D eigenvalue weighted by Gasteiger charge is 2.10. The van der Waals surface area contributed by atoms with Crippen LogP contribution in [-0.2, 0) is 0 Å². The van der Waals surface area contributed by atoms with E-state index >= 15 is 0 Å². The van der Waals surface area contributed by atoms with Crippen LogP contribution >= 0.6 is 0 Å². The Morgan fingerprint density at radius 3 is 2.57 bits per heavy atom. The van der Waals surface area contributed by atoms with Crippen molar-refractivity contribution in [3.63, 3.8) is 0 Å². The van der Waals surface area contributed by atoms with Gasteiger partial charge < -0.3 is 5.32 Å². The topological polar surface area (TPSA) is 67.8 Å². The second kappa shape index (κ2) is 5.28. The van der Waals surface area contributed by atoms with Crippen LogP contribution in [0.15, 0.2) is 43.0 Å². The van der Waals surface area contributed by atoms with Gasteiger partial charge in [0.15, 0.2) is 0 Å². The molecule has 3 aromatic rings. The van der Waals surface area contributed by atoms with Crippen LogP contribution in [0.1, 0.15) is 16.1 Å². The smallest absolute Gasteiger partial charge is 0.252 e. The van der Waals surface area contributed by atoms with Gasteiger partial charge in [-0.25, -0.2) is 9.97 Å². The van der Waals surface area contributed by atoms with Crippen molar-refractivity contribution in [2.75, 3.05) is 7.05 Å². The molecule has 1 amide bonds. The number of fused-ring (bicyclic) bond motifs is 1. The Hall–Kier alpha value is -2.82. The van der Waals surface area contributed by atoms with Crippen LogP contribution in [0.25, 0.3) is 22.0 Å². The quantitative estimate of drug-likeness (QED) is 0.781. The molecule has 0 radical (unpaired) electrons. The van der Waals surface area contributed by atoms with Crippen molar-refractivity contribution >= 4 is 16.8 Å². The molecule has 0 saturated heterocycles. The molecule has 0 spiro atoms. The first-order chi connectivity index (χ1) is 10.2. The molecule has 5 nitrogen and oxygen atoms in total. The van der Waals surface area contributed by atoms with Crippen LogP contribution in [0.2, 0.25) is 0 Å². The fourth-order valence-electron chi connectivity index (χ4n) is 2.27. The third-order valence-electron chi connectivity index (χ3n) is 3.37. The van der Waals surface area contributed by atoms with E-state index in [-0.39, 0.29) is 5.91 Å². The van der Waals surface area contributed by atoms with Crippen LogP contribution in [0.5, 0.6) is 0 Å². The number of nitrogens with one attached hydrogen (secondary N) is 1. The Kier molecular flexibility index (Phi) is 3.31. The molecule has 0 unspecified atom stereocenters. The fraction of sp³-hybridized carbons (Fsp3) is 0.125. The number of amides is 1. The van der Waals surface area contributed by atoms with E-state index in [1.54, 1.807) is 19.4 Å². The summed E-state index contributed by atoms with van der Waals surface area (Å²) >= 11 is 0. The number of aromatic nitrogens is 3. The predicted octanol–water partition coefficient (Wildman–Crippen LogP) is 2.36. The minimum absolute atomic E-state index is 0.129. The first kappa shape index (κ1) is 13.2. The van der Waals surface area contributed by atoms with E-state index in [1.807, 2.05) is 31.2 Å². The van der Waals surface area contributed by atoms with Crippen LogP contribution in [-0.4, -0.2) is 27.9 Å². The molecular weight excluding hydrogens is 264 g/mol. The second-order valence-corrected chi connectivity index (χ2v) is 4.74. The number of rotatable bonds is 2. The van der Waals surface area contributed by atoms with Gasteiger partial charge in [-0.2, -0.15) is 0 Å². The zero-order chi connectivity index (χ0) is 14.8. The van der Waals surface area contributed by atoms with Crippen molar-refractivity contribution in [1.82, 2.24) is 20.3 Å². The van der Waals surface area contributed by atoms with Gasteiger partial charge in [0.2, 0.25) is 0 Å². The number of aryl methyl sites for hydroxylation is 1. The highest BCUT2D eigenvalue weighted by Crippen LogP contribution is 2.24. The number of carbonyl (C=O) groups is 1. The van der Waals surface area contributed by atoms with Crippen molar-refractivity contribution in [2.24, 2.45) is 0 Å². The molecule has 0 atom stereocenters. The van der Waals surface area contributed by atoms with E-state index < -0.39 is 0 Å². The van der Waals surface area contributed by atoms with Crippen LogP contribution in [0, 0.1) is 6.92 Å². The predicted molar refractivity (Wildman–Crippen MR) is 80.9 cm³/mol. The fourth-order valence-corrected chi connectivity index (χ4v) is 2.27. The zero-order valence-electron chi connectivity index (χ0n) is 11.8. The molecule has 2 aromatic heterocycles. The summed E-state index contributed by atoms with van der Waals surface area (Å²) in [6.45, 7) is 1.84. The van der Waals surface area contributed by atoms with Gasteiger partial charge in [0.05, 0.1) is 16.8 Å². The first-order valence-electron chi connectivity index (χ1n) is 6.58. The monoisotopic (exact) mass is 278 g/mol. The number of hydrogen-bond donors (Lipinski definition) is 1. The van der Waals surface area contributed by atoms with Gasteiger partial charge >= 0.3 is 0 Å². The minimum atomic E-state index is -0.129. The van der Waals surface area contributed by atoms with Crippen molar-refractivity contribution in [2.45, 2.75) is 6.92 Å². The summed E-state index contributed by atoms with van der Waals surface area (Å²) in [5.41, 5.74) is 4.10. The molecule has 2 heterocycles. The summed E-state index contributed by atoms with van der Waals surface area (Å²) in [5.74, 6) is -0.129. The molecule has 0 aliphatic carbocycles. The lowest BCUT2D eigenvalue weighted by Crippen LogP contribution is -2.19. The van der Waals surface area contributed by atoms with Crippen LogP contribution in [0.4, 0.5) is 0 Å². The SMILES string of the molecule is CNC(=O)c1cc2cc(-c3cncnc3)ccc2nc1C. The molecule has 104 valence electrons. The lowest BCUT2D eigenvalue weighted by Gasteiger charge is -2.08. The number of pyridine rings is 1. The third kappa shape index (κ3) is 2.45. The molecule has 5 heteroatoms. The molecule has 0 saturated carbocycles. The van der Waals surface area contributed by atoms with Gasteiger partial charge in [-0.15, -0.1) is 0 Å². The van der Waals surface area contributed by atoms with Crippen molar-refractivity contribution in [3.05, 3.63) is 54.2 Å². The summed E-state index contributed by atoms with van der Waals surface area (Å²) in [4.78, 5) is 24.4. The second-order valence-electron chi connectivity index (χ2n) is 4.74. The molecule has 1 N–H and O–H groups in total. The molecule has 0 aliphatic rings. The van der Waals surface area contributed by atoms with E-state index in [0.29, 0.717) is 5.56 Å². The van der Waals surface area contributed by atoms with Crippen molar-refractivity contribution < 1.29 is 4.79 Å². The Morgan fingerprint density at radius 1 is 1.10 bits per heavy atom. The first-order valence-corrected chi connectivity index (χ1v) is 6.58. The minimum Gasteiger partial charge on any atom is -0.355 e. The highest BCUT2D eigenvalue weighted by atomic mass is 16.1. The maximum atomic E-state index is 11.9. The molecule has 0 aliphatic heterocycles. The summed E-state index contributed by atoms with van der Waals surface area (Å²) in [6, 6.07) is 7.78. The van der Waals surface area contributed by atoms with Gasteiger partial charge in [0.1, 0.15) is 6.33 Å². The number of benzene rings is 1. The van der Waals surface area contributed by atoms with E-state index in [9.17, 15) is 4.79 Å². The van der Waals surface area contributed by atoms with Crippen molar-refractivity contribution in [3.8, 4) is 11.1 Å². The van der Waals surface area contributed by atoms with Gasteiger partial charge in [-0.1, -0.05) is 6.07 Å². The standard InChI is InChI=1S/C16H14N4O/c1-10-14(16(21)17-2)6-12-5-11(3-4-15(12)20-10)13-7-18-9-19-8-13/h3-9H,1-2H3,(H,17,21). The lowest BCUT2D eigenvalue weighted by molar-refractivity contribution is 0.0962. The number of hydrogen-bond acceptors (Lipinski definition) is 4. The molecule has 0 bridgehead atoms. The van der Waals surface area contributed by atoms with Gasteiger partial charge in [-0.3, -0.25) is 9.78 Å². The molecule has 21 heavy (non-hydrogen) atoms. The van der Waals surface area contributed by atoms with Gasteiger partial charge in [0, 0.05) is 30.4 Å². The number of nitrogens with zero attached hydrogens (tertiary/aromatic N) is 3. The largest absolute Gasteiger partial charge is 0.355 e. The lowest BCUT2D eigenvalue weighted by atomic mass is 10.0. The molecule has 1 aromatic carbocycles. The Bertz CT molecular complexity index is 815. The maximum Gasteiger partial charge on any atom is 0.252 e. The van der Waals surface area contributed by atoms with Gasteiger partial charge in [-0.05, 0) is 30.7 Å². The zero-order valence-corrected chi connectivity index (χ0v) is 11.8. The average Bonchev–Trinajstić information content (AvgIpc) is 2.54. The third-order valence-corrected chi connectivity index (χ3v) is 3.37.